The maximum Gasteiger partial charge on any atom is 0.325 e. The molecule has 1 heterocycles. The van der Waals surface area contributed by atoms with Crippen molar-refractivity contribution in [2.24, 2.45) is 5.41 Å². The van der Waals surface area contributed by atoms with Crippen LogP contribution in [0.25, 0.3) is 0 Å². The van der Waals surface area contributed by atoms with E-state index in [2.05, 4.69) is 37.9 Å². The van der Waals surface area contributed by atoms with E-state index in [0.717, 1.165) is 26.1 Å². The maximum atomic E-state index is 12.1. The summed E-state index contributed by atoms with van der Waals surface area (Å²) < 4.78 is 4.99. The van der Waals surface area contributed by atoms with Crippen LogP contribution in [0.3, 0.4) is 0 Å². The van der Waals surface area contributed by atoms with E-state index in [4.69, 9.17) is 4.74 Å². The summed E-state index contributed by atoms with van der Waals surface area (Å²) in [6, 6.07) is 0.263. The van der Waals surface area contributed by atoms with Crippen molar-refractivity contribution in [3.05, 3.63) is 0 Å². The molecule has 0 bridgehead atoms. The lowest BCUT2D eigenvalue weighted by molar-refractivity contribution is -0.148. The van der Waals surface area contributed by atoms with Crippen LogP contribution in [0, 0.1) is 5.41 Å². The van der Waals surface area contributed by atoms with E-state index in [1.54, 1.807) is 0 Å². The molecule has 1 atom stereocenters. The van der Waals surface area contributed by atoms with Crippen LogP contribution in [0.5, 0.6) is 0 Å². The van der Waals surface area contributed by atoms with Gasteiger partial charge in [0.2, 0.25) is 0 Å². The summed E-state index contributed by atoms with van der Waals surface area (Å²) in [5.41, 5.74) is -0.0766. The number of carbonyl (C=O) groups is 1. The summed E-state index contributed by atoms with van der Waals surface area (Å²) in [6.07, 6.45) is 4.57. The van der Waals surface area contributed by atoms with Gasteiger partial charge in [0.25, 0.3) is 0 Å². The van der Waals surface area contributed by atoms with Crippen LogP contribution in [-0.2, 0) is 9.53 Å². The first-order valence-corrected chi connectivity index (χ1v) is 8.33. The van der Waals surface area contributed by atoms with Gasteiger partial charge >= 0.3 is 5.97 Å². The number of hydrogen-bond donors (Lipinski definition) is 1. The van der Waals surface area contributed by atoms with Gasteiger partial charge in [-0.3, -0.25) is 10.1 Å². The minimum Gasteiger partial charge on any atom is -0.468 e. The molecule has 1 fully saturated rings. The molecule has 1 aliphatic rings. The van der Waals surface area contributed by atoms with Crippen LogP contribution in [0.15, 0.2) is 0 Å². The molecule has 0 amide bonds. The van der Waals surface area contributed by atoms with E-state index in [1.165, 1.54) is 26.4 Å². The highest BCUT2D eigenvalue weighted by Crippen LogP contribution is 2.34. The predicted octanol–water partition coefficient (Wildman–Crippen LogP) is 2.82. The van der Waals surface area contributed by atoms with Gasteiger partial charge in [0.05, 0.1) is 7.11 Å². The van der Waals surface area contributed by atoms with Crippen molar-refractivity contribution in [2.45, 2.75) is 71.9 Å². The first-order valence-electron chi connectivity index (χ1n) is 8.33. The van der Waals surface area contributed by atoms with Gasteiger partial charge in [-0.05, 0) is 58.5 Å². The average Bonchev–Trinajstić information content (AvgIpc) is 2.45. The molecule has 1 rings (SSSR count). The molecule has 0 saturated carbocycles. The lowest BCUT2D eigenvalue weighted by Gasteiger charge is -2.40. The van der Waals surface area contributed by atoms with Crippen molar-refractivity contribution in [1.29, 1.82) is 0 Å². The summed E-state index contributed by atoms with van der Waals surface area (Å²) in [5.74, 6) is -0.161. The van der Waals surface area contributed by atoms with E-state index < -0.39 is 5.54 Å². The quantitative estimate of drug-likeness (QED) is 0.734. The number of rotatable bonds is 7. The van der Waals surface area contributed by atoms with Crippen molar-refractivity contribution in [3.63, 3.8) is 0 Å². The number of ether oxygens (including phenoxy) is 1. The topological polar surface area (TPSA) is 41.6 Å². The zero-order chi connectivity index (χ0) is 16.1. The minimum atomic E-state index is -0.589. The first kappa shape index (κ1) is 18.4. The molecule has 4 heteroatoms. The van der Waals surface area contributed by atoms with Crippen LogP contribution in [0.2, 0.25) is 0 Å². The van der Waals surface area contributed by atoms with Gasteiger partial charge < -0.3 is 9.64 Å². The molecule has 1 aliphatic heterocycles. The van der Waals surface area contributed by atoms with E-state index in [-0.39, 0.29) is 12.0 Å². The summed E-state index contributed by atoms with van der Waals surface area (Å²) >= 11 is 0. The third-order valence-corrected chi connectivity index (χ3v) is 5.09. The summed E-state index contributed by atoms with van der Waals surface area (Å²) in [4.78, 5) is 14.6. The smallest absolute Gasteiger partial charge is 0.325 e. The number of carbonyl (C=O) groups excluding carboxylic acids is 1. The van der Waals surface area contributed by atoms with Crippen LogP contribution in [-0.4, -0.2) is 49.2 Å². The summed E-state index contributed by atoms with van der Waals surface area (Å²) in [5, 5.41) is 3.37. The fourth-order valence-corrected chi connectivity index (χ4v) is 3.15. The number of piperidine rings is 1. The third kappa shape index (κ3) is 5.26. The Balaban J connectivity index is 2.53. The van der Waals surface area contributed by atoms with Crippen LogP contribution in [0.1, 0.15) is 60.3 Å². The average molecular weight is 298 g/mol. The molecule has 1 saturated heterocycles. The van der Waals surface area contributed by atoms with Gasteiger partial charge in [0.1, 0.15) is 5.54 Å². The van der Waals surface area contributed by atoms with Gasteiger partial charge in [0, 0.05) is 12.6 Å². The van der Waals surface area contributed by atoms with Gasteiger partial charge in [-0.2, -0.15) is 0 Å². The second-order valence-electron chi connectivity index (χ2n) is 7.38. The number of nitrogens with one attached hydrogen (secondary N) is 1. The number of likely N-dealkylation sites (tertiary alicyclic amines) is 1. The molecule has 0 aromatic carbocycles. The van der Waals surface area contributed by atoms with Crippen LogP contribution in [0.4, 0.5) is 0 Å². The highest BCUT2D eigenvalue weighted by Gasteiger charge is 2.36. The molecule has 0 aromatic rings. The molecule has 21 heavy (non-hydrogen) atoms. The second-order valence-corrected chi connectivity index (χ2v) is 7.38. The van der Waals surface area contributed by atoms with Crippen molar-refractivity contribution in [3.8, 4) is 0 Å². The van der Waals surface area contributed by atoms with Crippen LogP contribution < -0.4 is 5.32 Å². The maximum absolute atomic E-state index is 12.1. The Bertz CT molecular complexity index is 336. The highest BCUT2D eigenvalue weighted by molar-refractivity contribution is 5.80. The highest BCUT2D eigenvalue weighted by atomic mass is 16.5. The fourth-order valence-electron chi connectivity index (χ4n) is 3.15. The molecular weight excluding hydrogens is 264 g/mol. The summed E-state index contributed by atoms with van der Waals surface area (Å²) in [6.45, 7) is 14.0. The largest absolute Gasteiger partial charge is 0.468 e. The molecular formula is C17H34N2O2. The van der Waals surface area contributed by atoms with E-state index in [1.807, 2.05) is 6.92 Å². The van der Waals surface area contributed by atoms with Crippen molar-refractivity contribution in [2.75, 3.05) is 26.7 Å². The molecule has 1 N–H and O–H groups in total. The predicted molar refractivity (Wildman–Crippen MR) is 87.4 cm³/mol. The number of esters is 1. The van der Waals surface area contributed by atoms with Gasteiger partial charge in [-0.15, -0.1) is 0 Å². The van der Waals surface area contributed by atoms with E-state index in [9.17, 15) is 4.79 Å². The lowest BCUT2D eigenvalue weighted by Crippen LogP contribution is -2.54. The molecule has 0 aliphatic carbocycles. The van der Waals surface area contributed by atoms with Gasteiger partial charge in [-0.25, -0.2) is 0 Å². The first-order chi connectivity index (χ1) is 9.74. The molecule has 1 unspecified atom stereocenters. The monoisotopic (exact) mass is 298 g/mol. The lowest BCUT2D eigenvalue weighted by atomic mass is 9.78. The zero-order valence-corrected chi connectivity index (χ0v) is 14.8. The van der Waals surface area contributed by atoms with Gasteiger partial charge in [-0.1, -0.05) is 20.3 Å². The number of hydrogen-bond acceptors (Lipinski definition) is 4. The fraction of sp³-hybridized carbons (Fsp3) is 0.941. The van der Waals surface area contributed by atoms with Crippen LogP contribution >= 0.6 is 0 Å². The Labute approximate surface area is 130 Å². The molecule has 0 aromatic heterocycles. The molecule has 124 valence electrons. The van der Waals surface area contributed by atoms with E-state index in [0.29, 0.717) is 5.41 Å². The Morgan fingerprint density at radius 3 is 2.38 bits per heavy atom. The Kier molecular flexibility index (Phi) is 6.67. The zero-order valence-electron chi connectivity index (χ0n) is 14.8. The summed E-state index contributed by atoms with van der Waals surface area (Å²) in [7, 11) is 1.47. The van der Waals surface area contributed by atoms with Crippen molar-refractivity contribution >= 4 is 5.97 Å². The van der Waals surface area contributed by atoms with Crippen molar-refractivity contribution in [1.82, 2.24) is 10.2 Å². The number of nitrogens with zero attached hydrogens (tertiary/aromatic N) is 1. The van der Waals surface area contributed by atoms with Crippen molar-refractivity contribution < 1.29 is 9.53 Å². The Morgan fingerprint density at radius 2 is 1.95 bits per heavy atom. The second kappa shape index (κ2) is 7.59. The third-order valence-electron chi connectivity index (χ3n) is 5.09. The molecule has 0 spiro atoms. The molecule has 0 radical (unpaired) electrons. The Hall–Kier alpha value is -0.610. The van der Waals surface area contributed by atoms with Gasteiger partial charge in [0.15, 0.2) is 0 Å². The Morgan fingerprint density at radius 1 is 1.38 bits per heavy atom. The number of methoxy groups -OCH3 is 1. The normalized spacial score (nSPS) is 22.0. The minimum absolute atomic E-state index is 0.161. The molecule has 4 nitrogen and oxygen atoms in total. The standard InChI is InChI=1S/C17H34N2O2/c1-7-16(4)8-11-19(12-9-16)13-10-17(5,15(20)21-6)18-14(2)3/h14,18H,7-13H2,1-6H3. The SMILES string of the molecule is CCC1(C)CCN(CCC(C)(NC(C)C)C(=O)OC)CC1. The van der Waals surface area contributed by atoms with E-state index >= 15 is 0 Å².